The van der Waals surface area contributed by atoms with Crippen molar-refractivity contribution in [3.63, 3.8) is 0 Å². The van der Waals surface area contributed by atoms with E-state index in [1.165, 1.54) is 30.4 Å². The summed E-state index contributed by atoms with van der Waals surface area (Å²) in [6, 6.07) is 6.44. The van der Waals surface area contributed by atoms with Crippen LogP contribution < -0.4 is 11.2 Å². The maximum Gasteiger partial charge on any atom is 0.243 e. The lowest BCUT2D eigenvalue weighted by atomic mass is 9.91. The Balaban J connectivity index is 0.00000162. The molecule has 1 aromatic carbocycles. The summed E-state index contributed by atoms with van der Waals surface area (Å²) in [6.07, 6.45) is 6.77. The van der Waals surface area contributed by atoms with E-state index in [0.717, 1.165) is 12.1 Å². The van der Waals surface area contributed by atoms with Crippen LogP contribution in [-0.2, 0) is 12.8 Å². The van der Waals surface area contributed by atoms with Gasteiger partial charge in [0.15, 0.2) is 6.21 Å². The van der Waals surface area contributed by atoms with Gasteiger partial charge in [0, 0.05) is 19.1 Å². The first-order valence-corrected chi connectivity index (χ1v) is 6.02. The van der Waals surface area contributed by atoms with Crippen LogP contribution in [0.25, 0.3) is 0 Å². The SMILES string of the molecule is CC=[N+](NC(=N)N)c1ccc2c(c1)CCCC2.Cl. The standard InChI is InChI=1S/C13H19N4.ClH/c1-2-17(16-13(14)15)12-8-7-10-5-3-4-6-11(10)9-12;/h2,7-9H,3-6H2,1H3,(H4,14,15,16);1H/q+1;. The molecule has 0 saturated carbocycles. The third-order valence-corrected chi connectivity index (χ3v) is 3.11. The third kappa shape index (κ3) is 3.23. The van der Waals surface area contributed by atoms with Crippen LogP contribution in [0.2, 0.25) is 0 Å². The van der Waals surface area contributed by atoms with Gasteiger partial charge in [-0.15, -0.1) is 17.8 Å². The fourth-order valence-electron chi connectivity index (χ4n) is 2.28. The summed E-state index contributed by atoms with van der Waals surface area (Å²) < 4.78 is 1.78. The number of guanidine groups is 1. The molecule has 1 aliphatic carbocycles. The monoisotopic (exact) mass is 267 g/mol. The summed E-state index contributed by atoms with van der Waals surface area (Å²) in [5.74, 6) is -0.0548. The number of nitrogens with two attached hydrogens (primary N) is 1. The molecule has 0 bridgehead atoms. The Labute approximate surface area is 114 Å². The fourth-order valence-corrected chi connectivity index (χ4v) is 2.28. The zero-order valence-electron chi connectivity index (χ0n) is 10.6. The average molecular weight is 268 g/mol. The van der Waals surface area contributed by atoms with Crippen molar-refractivity contribution < 1.29 is 4.68 Å². The Hall–Kier alpha value is -1.55. The number of fused-ring (bicyclic) bond motifs is 1. The second-order valence-corrected chi connectivity index (χ2v) is 4.31. The highest BCUT2D eigenvalue weighted by molar-refractivity contribution is 5.85. The summed E-state index contributed by atoms with van der Waals surface area (Å²) >= 11 is 0. The second-order valence-electron chi connectivity index (χ2n) is 4.31. The van der Waals surface area contributed by atoms with E-state index in [0.29, 0.717) is 0 Å². The van der Waals surface area contributed by atoms with Gasteiger partial charge in [0.05, 0.1) is 0 Å². The molecule has 0 radical (unpaired) electrons. The lowest BCUT2D eigenvalue weighted by Crippen LogP contribution is -2.37. The molecule has 0 atom stereocenters. The molecule has 98 valence electrons. The molecule has 1 aliphatic rings. The molecule has 1 aromatic rings. The normalized spacial score (nSPS) is 14.4. The molecule has 0 heterocycles. The Morgan fingerprint density at radius 2 is 2.00 bits per heavy atom. The van der Waals surface area contributed by atoms with Crippen molar-refractivity contribution in [2.75, 3.05) is 0 Å². The minimum Gasteiger partial charge on any atom is -0.366 e. The Morgan fingerprint density at radius 3 is 2.61 bits per heavy atom. The summed E-state index contributed by atoms with van der Waals surface area (Å²) in [5, 5.41) is 7.27. The van der Waals surface area contributed by atoms with Crippen LogP contribution in [-0.4, -0.2) is 16.9 Å². The van der Waals surface area contributed by atoms with Gasteiger partial charge in [-0.3, -0.25) is 5.41 Å². The zero-order chi connectivity index (χ0) is 12.3. The maximum atomic E-state index is 7.27. The summed E-state index contributed by atoms with van der Waals surface area (Å²) in [4.78, 5) is 0. The molecule has 4 N–H and O–H groups in total. The topological polar surface area (TPSA) is 64.9 Å². The zero-order valence-corrected chi connectivity index (χ0v) is 11.4. The van der Waals surface area contributed by atoms with Crippen molar-refractivity contribution in [3.8, 4) is 0 Å². The Bertz CT molecular complexity index is 468. The third-order valence-electron chi connectivity index (χ3n) is 3.11. The summed E-state index contributed by atoms with van der Waals surface area (Å²) in [7, 11) is 0. The van der Waals surface area contributed by atoms with Gasteiger partial charge in [-0.05, 0) is 36.8 Å². The number of hydrogen-bond donors (Lipinski definition) is 3. The van der Waals surface area contributed by atoms with E-state index in [-0.39, 0.29) is 18.4 Å². The molecule has 2 rings (SSSR count). The second kappa shape index (κ2) is 6.40. The number of aryl methyl sites for hydroxylation is 2. The minimum atomic E-state index is -0.0548. The molecule has 18 heavy (non-hydrogen) atoms. The minimum absolute atomic E-state index is 0. The number of rotatable bonds is 2. The lowest BCUT2D eigenvalue weighted by molar-refractivity contribution is -0.483. The van der Waals surface area contributed by atoms with Crippen LogP contribution in [0.5, 0.6) is 0 Å². The molecule has 0 spiro atoms. The van der Waals surface area contributed by atoms with Gasteiger partial charge < -0.3 is 5.73 Å². The number of nitrogens with zero attached hydrogens (tertiary/aromatic N) is 1. The van der Waals surface area contributed by atoms with E-state index < -0.39 is 0 Å². The van der Waals surface area contributed by atoms with Crippen molar-refractivity contribution in [1.29, 1.82) is 5.41 Å². The van der Waals surface area contributed by atoms with E-state index in [2.05, 4.69) is 23.6 Å². The maximum absolute atomic E-state index is 7.27. The van der Waals surface area contributed by atoms with Crippen LogP contribution in [0, 0.1) is 5.41 Å². The van der Waals surface area contributed by atoms with E-state index >= 15 is 0 Å². The van der Waals surface area contributed by atoms with Crippen LogP contribution in [0.3, 0.4) is 0 Å². The van der Waals surface area contributed by atoms with E-state index in [1.54, 1.807) is 4.68 Å². The first-order valence-electron chi connectivity index (χ1n) is 6.02. The van der Waals surface area contributed by atoms with Gasteiger partial charge in [-0.2, -0.15) is 0 Å². The molecule has 5 heteroatoms. The van der Waals surface area contributed by atoms with Gasteiger partial charge in [0.2, 0.25) is 11.6 Å². The van der Waals surface area contributed by atoms with Gasteiger partial charge in [-0.1, -0.05) is 10.8 Å². The number of hydrogen-bond acceptors (Lipinski definition) is 1. The highest BCUT2D eigenvalue weighted by atomic mass is 35.5. The van der Waals surface area contributed by atoms with Crippen LogP contribution in [0.4, 0.5) is 5.69 Å². The van der Waals surface area contributed by atoms with Crippen molar-refractivity contribution >= 4 is 30.3 Å². The fraction of sp³-hybridized carbons (Fsp3) is 0.385. The van der Waals surface area contributed by atoms with Crippen LogP contribution >= 0.6 is 12.4 Å². The van der Waals surface area contributed by atoms with Gasteiger partial charge >= 0.3 is 0 Å². The Morgan fingerprint density at radius 1 is 1.33 bits per heavy atom. The highest BCUT2D eigenvalue weighted by Crippen LogP contribution is 2.24. The smallest absolute Gasteiger partial charge is 0.243 e. The predicted molar refractivity (Wildman–Crippen MR) is 77.0 cm³/mol. The van der Waals surface area contributed by atoms with Crippen molar-refractivity contribution in [2.45, 2.75) is 32.6 Å². The van der Waals surface area contributed by atoms with Gasteiger partial charge in [-0.25, -0.2) is 0 Å². The first kappa shape index (κ1) is 14.5. The quantitative estimate of drug-likeness (QED) is 0.333. The largest absolute Gasteiger partial charge is 0.366 e. The lowest BCUT2D eigenvalue weighted by Gasteiger charge is -2.15. The first-order chi connectivity index (χ1) is 8.20. The van der Waals surface area contributed by atoms with E-state index in [9.17, 15) is 0 Å². The van der Waals surface area contributed by atoms with E-state index in [4.69, 9.17) is 11.1 Å². The molecule has 0 aliphatic heterocycles. The molecular formula is C13H20ClN4+. The summed E-state index contributed by atoms with van der Waals surface area (Å²) in [6.45, 7) is 1.91. The van der Waals surface area contributed by atoms with Crippen molar-refractivity contribution in [2.24, 2.45) is 5.73 Å². The number of benzene rings is 1. The van der Waals surface area contributed by atoms with Gasteiger partial charge in [0.25, 0.3) is 0 Å². The van der Waals surface area contributed by atoms with Crippen molar-refractivity contribution in [3.05, 3.63) is 29.3 Å². The molecular weight excluding hydrogens is 248 g/mol. The van der Waals surface area contributed by atoms with Crippen molar-refractivity contribution in [1.82, 2.24) is 5.43 Å². The number of hydrazine groups is 1. The average Bonchev–Trinajstić information content (AvgIpc) is 2.35. The molecule has 4 nitrogen and oxygen atoms in total. The molecule has 0 unspecified atom stereocenters. The summed E-state index contributed by atoms with van der Waals surface area (Å²) in [5.41, 5.74) is 12.1. The van der Waals surface area contributed by atoms with Crippen LogP contribution in [0.15, 0.2) is 18.2 Å². The predicted octanol–water partition coefficient (Wildman–Crippen LogP) is 2.12. The Kier molecular flexibility index (Phi) is 5.16. The van der Waals surface area contributed by atoms with Gasteiger partial charge in [0.1, 0.15) is 0 Å². The molecule has 0 amide bonds. The highest BCUT2D eigenvalue weighted by Gasteiger charge is 2.15. The number of hydrazone groups is 1. The number of nitrogens with one attached hydrogen (secondary N) is 2. The van der Waals surface area contributed by atoms with E-state index in [1.807, 2.05) is 13.1 Å². The van der Waals surface area contributed by atoms with Crippen LogP contribution in [0.1, 0.15) is 30.9 Å². The number of halogens is 1. The molecule has 0 saturated heterocycles. The molecule has 0 fully saturated rings. The molecule has 0 aromatic heterocycles.